The van der Waals surface area contributed by atoms with Gasteiger partial charge in [-0.15, -0.1) is 0 Å². The van der Waals surface area contributed by atoms with Gasteiger partial charge >= 0.3 is 0 Å². The molecule has 0 heterocycles. The molecule has 1 aliphatic carbocycles. The lowest BCUT2D eigenvalue weighted by atomic mass is 10.0. The van der Waals surface area contributed by atoms with Gasteiger partial charge in [0, 0.05) is 23.4 Å². The van der Waals surface area contributed by atoms with Crippen molar-refractivity contribution in [1.82, 2.24) is 4.90 Å². The summed E-state index contributed by atoms with van der Waals surface area (Å²) in [4.78, 5) is 2.19. The molecule has 0 aliphatic heterocycles. The first-order chi connectivity index (χ1) is 8.65. The van der Waals surface area contributed by atoms with Gasteiger partial charge in [-0.2, -0.15) is 0 Å². The van der Waals surface area contributed by atoms with Crippen molar-refractivity contribution in [3.63, 3.8) is 0 Å². The van der Waals surface area contributed by atoms with Gasteiger partial charge in [0.15, 0.2) is 0 Å². The summed E-state index contributed by atoms with van der Waals surface area (Å²) >= 11 is 2.35. The Kier molecular flexibility index (Phi) is 4.64. The molecule has 2 rings (SSSR count). The van der Waals surface area contributed by atoms with Crippen LogP contribution in [0.4, 0.5) is 0 Å². The van der Waals surface area contributed by atoms with Crippen molar-refractivity contribution in [2.45, 2.75) is 12.8 Å². The average Bonchev–Trinajstić information content (AvgIpc) is 2.37. The van der Waals surface area contributed by atoms with Gasteiger partial charge in [-0.1, -0.05) is 30.4 Å². The Morgan fingerprint density at radius 3 is 2.56 bits per heavy atom. The van der Waals surface area contributed by atoms with Crippen LogP contribution in [0.1, 0.15) is 18.4 Å². The van der Waals surface area contributed by atoms with Gasteiger partial charge < -0.3 is 4.90 Å². The molecule has 0 saturated carbocycles. The molecule has 0 spiro atoms. The van der Waals surface area contributed by atoms with Crippen molar-refractivity contribution >= 4 is 28.7 Å². The SMILES string of the molecule is CN(C)C1=CC=C(/C=C/c2cccc(I)c2)CC1. The zero-order valence-corrected chi connectivity index (χ0v) is 13.0. The second kappa shape index (κ2) is 6.23. The molecule has 0 bridgehead atoms. The van der Waals surface area contributed by atoms with Crippen LogP contribution in [0.5, 0.6) is 0 Å². The van der Waals surface area contributed by atoms with Crippen LogP contribution < -0.4 is 0 Å². The van der Waals surface area contributed by atoms with Crippen LogP contribution in [0.15, 0.2) is 53.8 Å². The van der Waals surface area contributed by atoms with E-state index in [2.05, 4.69) is 90.2 Å². The summed E-state index contributed by atoms with van der Waals surface area (Å²) in [7, 11) is 4.21. The minimum atomic E-state index is 1.13. The van der Waals surface area contributed by atoms with Crippen LogP contribution >= 0.6 is 22.6 Å². The molecule has 1 aliphatic rings. The van der Waals surface area contributed by atoms with E-state index < -0.39 is 0 Å². The van der Waals surface area contributed by atoms with Crippen LogP contribution in [0, 0.1) is 3.57 Å². The quantitative estimate of drug-likeness (QED) is 0.727. The smallest absolute Gasteiger partial charge is 0.0136 e. The number of hydrogen-bond donors (Lipinski definition) is 0. The lowest BCUT2D eigenvalue weighted by molar-refractivity contribution is 0.484. The Morgan fingerprint density at radius 2 is 1.94 bits per heavy atom. The molecule has 18 heavy (non-hydrogen) atoms. The minimum Gasteiger partial charge on any atom is -0.381 e. The van der Waals surface area contributed by atoms with E-state index in [4.69, 9.17) is 0 Å². The van der Waals surface area contributed by atoms with E-state index in [1.807, 2.05) is 0 Å². The van der Waals surface area contributed by atoms with Gasteiger partial charge in [0.05, 0.1) is 0 Å². The van der Waals surface area contributed by atoms with Gasteiger partial charge in [0.2, 0.25) is 0 Å². The molecule has 0 saturated heterocycles. The minimum absolute atomic E-state index is 1.13. The molecule has 0 radical (unpaired) electrons. The highest BCUT2D eigenvalue weighted by Crippen LogP contribution is 2.21. The molecule has 0 amide bonds. The molecule has 94 valence electrons. The van der Waals surface area contributed by atoms with E-state index in [-0.39, 0.29) is 0 Å². The molecular formula is C16H18IN. The first kappa shape index (κ1) is 13.4. The maximum absolute atomic E-state index is 2.35. The summed E-state index contributed by atoms with van der Waals surface area (Å²) in [5, 5.41) is 0. The van der Waals surface area contributed by atoms with E-state index in [0.717, 1.165) is 12.8 Å². The monoisotopic (exact) mass is 351 g/mol. The third kappa shape index (κ3) is 3.73. The summed E-state index contributed by atoms with van der Waals surface area (Å²) in [6.07, 6.45) is 11.1. The summed E-state index contributed by atoms with van der Waals surface area (Å²) in [6, 6.07) is 8.55. The lowest BCUT2D eigenvalue weighted by Gasteiger charge is -2.20. The van der Waals surface area contributed by atoms with Crippen LogP contribution in [0.25, 0.3) is 6.08 Å². The Morgan fingerprint density at radius 1 is 1.11 bits per heavy atom. The number of rotatable bonds is 3. The van der Waals surface area contributed by atoms with Crippen LogP contribution in [-0.4, -0.2) is 19.0 Å². The number of nitrogens with zero attached hydrogens (tertiary/aromatic N) is 1. The number of halogens is 1. The predicted octanol–water partition coefficient (Wildman–Crippen LogP) is 4.47. The standard InChI is InChI=1S/C16H18IN/c1-18(2)16-10-8-13(9-11-16)6-7-14-4-3-5-15(17)12-14/h3-8,10,12H,9,11H2,1-2H3/b7-6+. The normalized spacial score (nSPS) is 15.5. The summed E-state index contributed by atoms with van der Waals surface area (Å²) in [5.41, 5.74) is 4.08. The molecule has 1 aromatic carbocycles. The first-order valence-corrected chi connectivity index (χ1v) is 7.24. The highest BCUT2D eigenvalue weighted by molar-refractivity contribution is 14.1. The fraction of sp³-hybridized carbons (Fsp3) is 0.250. The van der Waals surface area contributed by atoms with E-state index in [1.54, 1.807) is 0 Å². The Bertz CT molecular complexity index is 510. The van der Waals surface area contributed by atoms with Crippen molar-refractivity contribution in [3.8, 4) is 0 Å². The van der Waals surface area contributed by atoms with Crippen molar-refractivity contribution < 1.29 is 0 Å². The third-order valence-electron chi connectivity index (χ3n) is 3.07. The van der Waals surface area contributed by atoms with Crippen molar-refractivity contribution in [2.75, 3.05) is 14.1 Å². The van der Waals surface area contributed by atoms with Gasteiger partial charge in [-0.05, 0) is 64.8 Å². The van der Waals surface area contributed by atoms with Gasteiger partial charge in [0.1, 0.15) is 0 Å². The Hall–Kier alpha value is -1.03. The Balaban J connectivity index is 2.07. The fourth-order valence-corrected chi connectivity index (χ4v) is 2.53. The lowest BCUT2D eigenvalue weighted by Crippen LogP contribution is -2.12. The molecule has 2 heteroatoms. The van der Waals surface area contributed by atoms with E-state index in [1.165, 1.54) is 20.4 Å². The van der Waals surface area contributed by atoms with Crippen molar-refractivity contribution in [1.29, 1.82) is 0 Å². The highest BCUT2D eigenvalue weighted by Gasteiger charge is 2.05. The summed E-state index contributed by atoms with van der Waals surface area (Å²) in [6.45, 7) is 0. The maximum atomic E-state index is 2.35. The number of benzene rings is 1. The largest absolute Gasteiger partial charge is 0.381 e. The molecule has 0 N–H and O–H groups in total. The summed E-state index contributed by atoms with van der Waals surface area (Å²) in [5.74, 6) is 0. The zero-order valence-electron chi connectivity index (χ0n) is 10.9. The van der Waals surface area contributed by atoms with Crippen LogP contribution in [-0.2, 0) is 0 Å². The molecular weight excluding hydrogens is 333 g/mol. The fourth-order valence-electron chi connectivity index (χ4n) is 1.97. The molecule has 1 nitrogen and oxygen atoms in total. The highest BCUT2D eigenvalue weighted by atomic mass is 127. The zero-order chi connectivity index (χ0) is 13.0. The molecule has 0 unspecified atom stereocenters. The van der Waals surface area contributed by atoms with Gasteiger partial charge in [0.25, 0.3) is 0 Å². The van der Waals surface area contributed by atoms with Gasteiger partial charge in [-0.3, -0.25) is 0 Å². The second-order valence-corrected chi connectivity index (χ2v) is 5.93. The van der Waals surface area contributed by atoms with E-state index >= 15 is 0 Å². The summed E-state index contributed by atoms with van der Waals surface area (Å²) < 4.78 is 1.28. The molecule has 1 aromatic rings. The van der Waals surface area contributed by atoms with Gasteiger partial charge in [-0.25, -0.2) is 0 Å². The predicted molar refractivity (Wildman–Crippen MR) is 87.3 cm³/mol. The maximum Gasteiger partial charge on any atom is 0.0136 e. The Labute approximate surface area is 123 Å². The molecule has 0 aromatic heterocycles. The van der Waals surface area contributed by atoms with Crippen LogP contribution in [0.2, 0.25) is 0 Å². The first-order valence-electron chi connectivity index (χ1n) is 6.16. The molecule has 0 fully saturated rings. The van der Waals surface area contributed by atoms with Crippen molar-refractivity contribution in [2.24, 2.45) is 0 Å². The van der Waals surface area contributed by atoms with E-state index in [0.29, 0.717) is 0 Å². The third-order valence-corrected chi connectivity index (χ3v) is 3.74. The number of allylic oxidation sites excluding steroid dienone is 5. The van der Waals surface area contributed by atoms with Crippen LogP contribution in [0.3, 0.4) is 0 Å². The van der Waals surface area contributed by atoms with E-state index in [9.17, 15) is 0 Å². The number of hydrogen-bond acceptors (Lipinski definition) is 1. The van der Waals surface area contributed by atoms with Crippen molar-refractivity contribution in [3.05, 3.63) is 62.9 Å². The topological polar surface area (TPSA) is 3.24 Å². The average molecular weight is 351 g/mol. The second-order valence-electron chi connectivity index (χ2n) is 4.68. The molecule has 0 atom stereocenters.